The van der Waals surface area contributed by atoms with Crippen LogP contribution in [0.25, 0.3) is 10.6 Å². The summed E-state index contributed by atoms with van der Waals surface area (Å²) in [5, 5.41) is 27.4. The molecule has 0 radical (unpaired) electrons. The van der Waals surface area contributed by atoms with Crippen molar-refractivity contribution in [2.24, 2.45) is 17.5 Å². The van der Waals surface area contributed by atoms with Crippen molar-refractivity contribution in [1.82, 2.24) is 15.1 Å². The second-order valence-electron chi connectivity index (χ2n) is 8.52. The third-order valence-corrected chi connectivity index (χ3v) is 6.79. The molecule has 3 unspecified atom stereocenters. The van der Waals surface area contributed by atoms with Crippen molar-refractivity contribution in [2.45, 2.75) is 64.6 Å². The second kappa shape index (κ2) is 9.11. The summed E-state index contributed by atoms with van der Waals surface area (Å²) in [6, 6.07) is 9.39. The van der Waals surface area contributed by atoms with Gasteiger partial charge in [-0.05, 0) is 58.6 Å². The van der Waals surface area contributed by atoms with E-state index in [4.69, 9.17) is 4.99 Å². The van der Waals surface area contributed by atoms with Gasteiger partial charge in [0.25, 0.3) is 5.91 Å². The van der Waals surface area contributed by atoms with Gasteiger partial charge in [-0.2, -0.15) is 10.4 Å². The third kappa shape index (κ3) is 5.15. The molecule has 3 atom stereocenters. The first-order valence-electron chi connectivity index (χ1n) is 10.3. The van der Waals surface area contributed by atoms with Crippen LogP contribution in [-0.4, -0.2) is 39.0 Å². The van der Waals surface area contributed by atoms with Crippen molar-refractivity contribution in [3.63, 3.8) is 0 Å². The fourth-order valence-electron chi connectivity index (χ4n) is 3.31. The van der Waals surface area contributed by atoms with Crippen LogP contribution in [0.1, 0.15) is 56.8 Å². The molecule has 160 valence electrons. The smallest absolute Gasteiger partial charge is 0.251 e. The number of nitriles is 1. The maximum absolute atomic E-state index is 12.5. The third-order valence-electron chi connectivity index (χ3n) is 5.73. The van der Waals surface area contributed by atoms with Crippen LogP contribution in [0.5, 0.6) is 0 Å². The van der Waals surface area contributed by atoms with Crippen LogP contribution in [0, 0.1) is 16.7 Å². The number of rotatable bonds is 5. The second-order valence-corrected chi connectivity index (χ2v) is 9.48. The van der Waals surface area contributed by atoms with Gasteiger partial charge in [-0.15, -0.1) is 0 Å². The summed E-state index contributed by atoms with van der Waals surface area (Å²) in [4.78, 5) is 18.1. The van der Waals surface area contributed by atoms with Crippen molar-refractivity contribution in [2.75, 3.05) is 0 Å². The largest absolute Gasteiger partial charge is 0.393 e. The molecule has 1 saturated carbocycles. The molecule has 3 rings (SSSR count). The number of aliphatic hydroxyl groups is 1. The van der Waals surface area contributed by atoms with E-state index in [0.29, 0.717) is 12.0 Å². The zero-order valence-electron chi connectivity index (χ0n) is 17.9. The molecular formula is C22H29N5O2S. The van der Waals surface area contributed by atoms with E-state index in [9.17, 15) is 15.2 Å². The summed E-state index contributed by atoms with van der Waals surface area (Å²) >= 11 is 1.51. The average Bonchev–Trinajstić information content (AvgIpc) is 3.08. The highest BCUT2D eigenvalue weighted by Crippen LogP contribution is 2.23. The van der Waals surface area contributed by atoms with Gasteiger partial charge in [-0.25, -0.2) is 4.68 Å². The zero-order valence-corrected chi connectivity index (χ0v) is 18.7. The quantitative estimate of drug-likeness (QED) is 0.765. The Morgan fingerprint density at radius 2 is 2.10 bits per heavy atom. The standard InChI is InChI=1S/C22H29N5O2S/c1-14(22(2,3)13-23)24-19(29)15-8-10-16(11-9-15)20-26-27(4)21(30-20)25-17-6-5-7-18(28)12-17/h8-11,14,17-18,28H,5-7,12H2,1-4H3,(H,24,29). The van der Waals surface area contributed by atoms with Crippen LogP contribution in [-0.2, 0) is 7.05 Å². The minimum atomic E-state index is -0.639. The van der Waals surface area contributed by atoms with Gasteiger partial charge in [0.2, 0.25) is 4.80 Å². The van der Waals surface area contributed by atoms with Gasteiger partial charge in [-0.3, -0.25) is 9.79 Å². The van der Waals surface area contributed by atoms with Crippen LogP contribution in [0.15, 0.2) is 29.3 Å². The van der Waals surface area contributed by atoms with Gasteiger partial charge in [0.15, 0.2) is 0 Å². The molecule has 0 saturated heterocycles. The molecule has 1 amide bonds. The minimum Gasteiger partial charge on any atom is -0.393 e. The molecule has 1 fully saturated rings. The van der Waals surface area contributed by atoms with Crippen molar-refractivity contribution < 1.29 is 9.90 Å². The van der Waals surface area contributed by atoms with Crippen molar-refractivity contribution in [3.8, 4) is 16.6 Å². The molecule has 8 heteroatoms. The van der Waals surface area contributed by atoms with E-state index < -0.39 is 5.41 Å². The highest BCUT2D eigenvalue weighted by Gasteiger charge is 2.27. The number of carbonyl (C=O) groups is 1. The fourth-order valence-corrected chi connectivity index (χ4v) is 4.28. The molecule has 1 aliphatic carbocycles. The van der Waals surface area contributed by atoms with E-state index in [0.717, 1.165) is 34.6 Å². The van der Waals surface area contributed by atoms with Gasteiger partial charge in [-0.1, -0.05) is 23.5 Å². The molecule has 1 aromatic heterocycles. The Morgan fingerprint density at radius 3 is 2.73 bits per heavy atom. The lowest BCUT2D eigenvalue weighted by atomic mass is 9.87. The van der Waals surface area contributed by atoms with E-state index >= 15 is 0 Å². The Kier molecular flexibility index (Phi) is 6.74. The predicted octanol–water partition coefficient (Wildman–Crippen LogP) is 3.02. The fraction of sp³-hybridized carbons (Fsp3) is 0.545. The van der Waals surface area contributed by atoms with Crippen LogP contribution in [0.4, 0.5) is 0 Å². The van der Waals surface area contributed by atoms with Crippen LogP contribution < -0.4 is 10.1 Å². The Hall–Kier alpha value is -2.50. The number of hydrogen-bond acceptors (Lipinski definition) is 6. The zero-order chi connectivity index (χ0) is 21.9. The van der Waals surface area contributed by atoms with Crippen molar-refractivity contribution in [3.05, 3.63) is 34.6 Å². The molecule has 1 aliphatic rings. The maximum Gasteiger partial charge on any atom is 0.251 e. The summed E-state index contributed by atoms with van der Waals surface area (Å²) in [5.74, 6) is -0.200. The molecule has 0 spiro atoms. The topological polar surface area (TPSA) is 103 Å². The summed E-state index contributed by atoms with van der Waals surface area (Å²) in [6.07, 6.45) is 3.30. The van der Waals surface area contributed by atoms with Crippen LogP contribution in [0.3, 0.4) is 0 Å². The van der Waals surface area contributed by atoms with Crippen LogP contribution in [0.2, 0.25) is 0 Å². The van der Waals surface area contributed by atoms with Crippen molar-refractivity contribution in [1.29, 1.82) is 5.26 Å². The number of nitrogens with one attached hydrogen (secondary N) is 1. The highest BCUT2D eigenvalue weighted by atomic mass is 32.1. The van der Waals surface area contributed by atoms with E-state index in [1.165, 1.54) is 11.3 Å². The van der Waals surface area contributed by atoms with Gasteiger partial charge in [0, 0.05) is 24.2 Å². The number of hydrogen-bond donors (Lipinski definition) is 2. The minimum absolute atomic E-state index is 0.138. The number of aryl methyl sites for hydroxylation is 1. The molecule has 2 N–H and O–H groups in total. The summed E-state index contributed by atoms with van der Waals surface area (Å²) in [7, 11) is 1.87. The van der Waals surface area contributed by atoms with Gasteiger partial charge in [0.1, 0.15) is 5.01 Å². The van der Waals surface area contributed by atoms with E-state index in [2.05, 4.69) is 16.5 Å². The molecule has 1 heterocycles. The molecule has 30 heavy (non-hydrogen) atoms. The SMILES string of the molecule is CC(NC(=O)c1ccc(-c2nn(C)c(=NC3CCCC(O)C3)s2)cc1)C(C)(C)C#N. The maximum atomic E-state index is 12.5. The molecule has 7 nitrogen and oxygen atoms in total. The van der Waals surface area contributed by atoms with E-state index in [1.807, 2.05) is 26.1 Å². The lowest BCUT2D eigenvalue weighted by Gasteiger charge is -2.25. The van der Waals surface area contributed by atoms with Crippen LogP contribution >= 0.6 is 11.3 Å². The predicted molar refractivity (Wildman–Crippen MR) is 117 cm³/mol. The first-order chi connectivity index (χ1) is 14.2. The lowest BCUT2D eigenvalue weighted by Crippen LogP contribution is -2.42. The number of benzene rings is 1. The molecular weight excluding hydrogens is 398 g/mol. The first-order valence-corrected chi connectivity index (χ1v) is 11.1. The summed E-state index contributed by atoms with van der Waals surface area (Å²) < 4.78 is 1.77. The number of amides is 1. The monoisotopic (exact) mass is 427 g/mol. The average molecular weight is 428 g/mol. The molecule has 2 aromatic rings. The summed E-state index contributed by atoms with van der Waals surface area (Å²) in [5.41, 5.74) is 0.823. The number of nitrogens with zero attached hydrogens (tertiary/aromatic N) is 4. The lowest BCUT2D eigenvalue weighted by molar-refractivity contribution is 0.0919. The van der Waals surface area contributed by atoms with E-state index in [-0.39, 0.29) is 24.1 Å². The number of aliphatic hydroxyl groups excluding tert-OH is 1. The van der Waals surface area contributed by atoms with Gasteiger partial charge >= 0.3 is 0 Å². The first kappa shape index (κ1) is 22.2. The van der Waals surface area contributed by atoms with Gasteiger partial charge < -0.3 is 10.4 Å². The van der Waals surface area contributed by atoms with E-state index in [1.54, 1.807) is 30.7 Å². The number of aromatic nitrogens is 2. The Balaban J connectivity index is 1.74. The Morgan fingerprint density at radius 1 is 1.40 bits per heavy atom. The Labute approximate surface area is 181 Å². The molecule has 0 bridgehead atoms. The highest BCUT2D eigenvalue weighted by molar-refractivity contribution is 7.12. The molecule has 0 aliphatic heterocycles. The summed E-state index contributed by atoms with van der Waals surface area (Å²) in [6.45, 7) is 5.45. The molecule has 1 aromatic carbocycles. The number of carbonyl (C=O) groups excluding carboxylic acids is 1. The van der Waals surface area contributed by atoms with Crippen molar-refractivity contribution >= 4 is 17.2 Å². The Bertz CT molecular complexity index is 1000. The van der Waals surface area contributed by atoms with Gasteiger partial charge in [0.05, 0.1) is 23.6 Å². The normalized spacial score (nSPS) is 21.1.